The van der Waals surface area contributed by atoms with Crippen LogP contribution in [0.4, 0.5) is 11.6 Å². The van der Waals surface area contributed by atoms with Crippen LogP contribution in [0.3, 0.4) is 0 Å². The predicted octanol–water partition coefficient (Wildman–Crippen LogP) is 1.13. The van der Waals surface area contributed by atoms with E-state index >= 15 is 0 Å². The number of hydrogen-bond acceptors (Lipinski definition) is 5. The summed E-state index contributed by atoms with van der Waals surface area (Å²) in [7, 11) is 0. The standard InChI is InChI=1S/C10H8N4O3/c11-10-12-5-8(13-10)9(15)6-1-3-7(4-2-6)14(16)17/h1-5H,(H3,11,12,13). The number of nitrogens with two attached hydrogens (primary N) is 1. The molecule has 86 valence electrons. The molecule has 0 bridgehead atoms. The van der Waals surface area contributed by atoms with Crippen LogP contribution in [-0.4, -0.2) is 20.7 Å². The average molecular weight is 232 g/mol. The van der Waals surface area contributed by atoms with E-state index in [0.717, 1.165) is 0 Å². The summed E-state index contributed by atoms with van der Waals surface area (Å²) < 4.78 is 0. The highest BCUT2D eigenvalue weighted by molar-refractivity contribution is 6.07. The van der Waals surface area contributed by atoms with Crippen molar-refractivity contribution in [2.45, 2.75) is 0 Å². The zero-order valence-corrected chi connectivity index (χ0v) is 8.58. The van der Waals surface area contributed by atoms with Crippen molar-refractivity contribution in [3.63, 3.8) is 0 Å². The first kappa shape index (κ1) is 10.8. The van der Waals surface area contributed by atoms with Gasteiger partial charge < -0.3 is 10.7 Å². The molecule has 7 heteroatoms. The molecule has 0 saturated heterocycles. The number of nitrogens with one attached hydrogen (secondary N) is 1. The number of nitro groups is 1. The lowest BCUT2D eigenvalue weighted by molar-refractivity contribution is -0.384. The molecule has 0 spiro atoms. The summed E-state index contributed by atoms with van der Waals surface area (Å²) in [6.07, 6.45) is 1.32. The molecule has 2 rings (SSSR count). The number of rotatable bonds is 3. The van der Waals surface area contributed by atoms with Crippen LogP contribution in [0.5, 0.6) is 0 Å². The quantitative estimate of drug-likeness (QED) is 0.467. The molecule has 17 heavy (non-hydrogen) atoms. The van der Waals surface area contributed by atoms with Crippen molar-refractivity contribution in [2.24, 2.45) is 0 Å². The second-order valence-electron chi connectivity index (χ2n) is 3.32. The van der Waals surface area contributed by atoms with Gasteiger partial charge in [-0.05, 0) is 12.1 Å². The number of benzene rings is 1. The molecule has 3 N–H and O–H groups in total. The van der Waals surface area contributed by atoms with E-state index in [4.69, 9.17) is 5.73 Å². The Bertz CT molecular complexity index is 573. The maximum absolute atomic E-state index is 11.8. The van der Waals surface area contributed by atoms with Crippen molar-refractivity contribution in [3.05, 3.63) is 51.8 Å². The van der Waals surface area contributed by atoms with Gasteiger partial charge in [-0.15, -0.1) is 0 Å². The lowest BCUT2D eigenvalue weighted by Gasteiger charge is -1.97. The van der Waals surface area contributed by atoms with Gasteiger partial charge in [-0.1, -0.05) is 0 Å². The highest BCUT2D eigenvalue weighted by Crippen LogP contribution is 2.14. The molecule has 2 aromatic rings. The SMILES string of the molecule is Nc1ncc(C(=O)c2ccc([N+](=O)[O-])cc2)[nH]1. The smallest absolute Gasteiger partial charge is 0.269 e. The molecule has 0 fully saturated rings. The number of non-ortho nitro benzene ring substituents is 1. The Morgan fingerprint density at radius 2 is 2.00 bits per heavy atom. The van der Waals surface area contributed by atoms with Gasteiger partial charge in [0.15, 0.2) is 5.95 Å². The molecule has 1 heterocycles. The van der Waals surface area contributed by atoms with Crippen LogP contribution >= 0.6 is 0 Å². The largest absolute Gasteiger partial charge is 0.369 e. The predicted molar refractivity (Wildman–Crippen MR) is 59.5 cm³/mol. The van der Waals surface area contributed by atoms with Gasteiger partial charge >= 0.3 is 0 Å². The minimum absolute atomic E-state index is 0.0642. The van der Waals surface area contributed by atoms with E-state index < -0.39 is 4.92 Å². The van der Waals surface area contributed by atoms with E-state index in [1.54, 1.807) is 0 Å². The summed E-state index contributed by atoms with van der Waals surface area (Å²) in [5.41, 5.74) is 5.87. The molecular formula is C10H8N4O3. The number of nitro benzene ring substituents is 1. The van der Waals surface area contributed by atoms with Gasteiger partial charge in [0, 0.05) is 17.7 Å². The number of ketones is 1. The normalized spacial score (nSPS) is 10.1. The third-order valence-corrected chi connectivity index (χ3v) is 2.18. The first-order valence-corrected chi connectivity index (χ1v) is 4.67. The third kappa shape index (κ3) is 2.12. The van der Waals surface area contributed by atoms with E-state index in [0.29, 0.717) is 5.56 Å². The number of H-pyrrole nitrogens is 1. The van der Waals surface area contributed by atoms with Crippen LogP contribution in [0.25, 0.3) is 0 Å². The lowest BCUT2D eigenvalue weighted by Crippen LogP contribution is -2.02. The molecule has 1 aromatic carbocycles. The molecule has 0 radical (unpaired) electrons. The van der Waals surface area contributed by atoms with Crippen molar-refractivity contribution in [2.75, 3.05) is 5.73 Å². The minimum atomic E-state index is -0.525. The van der Waals surface area contributed by atoms with Gasteiger partial charge in [-0.2, -0.15) is 0 Å². The number of nitrogen functional groups attached to an aromatic ring is 1. The van der Waals surface area contributed by atoms with Gasteiger partial charge in [0.05, 0.1) is 11.1 Å². The zero-order valence-electron chi connectivity index (χ0n) is 8.58. The van der Waals surface area contributed by atoms with Crippen molar-refractivity contribution in [3.8, 4) is 0 Å². The van der Waals surface area contributed by atoms with E-state index in [-0.39, 0.29) is 23.1 Å². The van der Waals surface area contributed by atoms with Crippen LogP contribution in [0.2, 0.25) is 0 Å². The average Bonchev–Trinajstić information content (AvgIpc) is 2.75. The highest BCUT2D eigenvalue weighted by atomic mass is 16.6. The van der Waals surface area contributed by atoms with E-state index in [1.165, 1.54) is 30.5 Å². The second-order valence-corrected chi connectivity index (χ2v) is 3.32. The molecule has 0 unspecified atom stereocenters. The van der Waals surface area contributed by atoms with Crippen molar-refractivity contribution >= 4 is 17.4 Å². The Morgan fingerprint density at radius 3 is 2.47 bits per heavy atom. The van der Waals surface area contributed by atoms with Gasteiger partial charge in [0.2, 0.25) is 5.78 Å². The van der Waals surface area contributed by atoms with Gasteiger partial charge in [0.1, 0.15) is 5.69 Å². The number of aromatic amines is 1. The molecule has 0 aliphatic heterocycles. The first-order valence-electron chi connectivity index (χ1n) is 4.67. The summed E-state index contributed by atoms with van der Waals surface area (Å²) in [4.78, 5) is 28.1. The summed E-state index contributed by atoms with van der Waals surface area (Å²) in [6, 6.07) is 5.31. The topological polar surface area (TPSA) is 115 Å². The zero-order chi connectivity index (χ0) is 12.4. The van der Waals surface area contributed by atoms with Crippen LogP contribution in [0, 0.1) is 10.1 Å². The number of aromatic nitrogens is 2. The maximum atomic E-state index is 11.8. The summed E-state index contributed by atoms with van der Waals surface area (Å²) >= 11 is 0. The van der Waals surface area contributed by atoms with Crippen LogP contribution in [-0.2, 0) is 0 Å². The van der Waals surface area contributed by atoms with Crippen LogP contribution < -0.4 is 5.73 Å². The van der Waals surface area contributed by atoms with E-state index in [2.05, 4.69) is 9.97 Å². The number of anilines is 1. The Hall–Kier alpha value is -2.70. The number of nitrogens with zero attached hydrogens (tertiary/aromatic N) is 2. The maximum Gasteiger partial charge on any atom is 0.269 e. The molecule has 0 aliphatic carbocycles. The Balaban J connectivity index is 2.29. The molecule has 1 aromatic heterocycles. The Kier molecular flexibility index (Phi) is 2.57. The number of hydrogen-bond donors (Lipinski definition) is 2. The van der Waals surface area contributed by atoms with Gasteiger partial charge in [0.25, 0.3) is 5.69 Å². The fraction of sp³-hybridized carbons (Fsp3) is 0. The van der Waals surface area contributed by atoms with Crippen LogP contribution in [0.1, 0.15) is 16.1 Å². The molecule has 0 aliphatic rings. The Morgan fingerprint density at radius 1 is 1.35 bits per heavy atom. The molecule has 0 saturated carbocycles. The molecule has 0 atom stereocenters. The number of carbonyl (C=O) groups excluding carboxylic acids is 1. The highest BCUT2D eigenvalue weighted by Gasteiger charge is 2.13. The second kappa shape index (κ2) is 4.05. The van der Waals surface area contributed by atoms with E-state index in [9.17, 15) is 14.9 Å². The van der Waals surface area contributed by atoms with Gasteiger partial charge in [-0.25, -0.2) is 4.98 Å². The summed E-state index contributed by atoms with van der Waals surface area (Å²) in [5, 5.41) is 10.4. The van der Waals surface area contributed by atoms with Crippen LogP contribution in [0.15, 0.2) is 30.5 Å². The van der Waals surface area contributed by atoms with Crippen molar-refractivity contribution in [1.82, 2.24) is 9.97 Å². The van der Waals surface area contributed by atoms with Crippen molar-refractivity contribution < 1.29 is 9.72 Å². The third-order valence-electron chi connectivity index (χ3n) is 2.18. The molecule has 7 nitrogen and oxygen atoms in total. The fourth-order valence-corrected chi connectivity index (χ4v) is 1.34. The Labute approximate surface area is 95.4 Å². The minimum Gasteiger partial charge on any atom is -0.369 e. The van der Waals surface area contributed by atoms with Gasteiger partial charge in [-0.3, -0.25) is 14.9 Å². The molecule has 0 amide bonds. The fourth-order valence-electron chi connectivity index (χ4n) is 1.34. The number of imidazole rings is 1. The summed E-state index contributed by atoms with van der Waals surface area (Å²) in [6.45, 7) is 0. The lowest BCUT2D eigenvalue weighted by atomic mass is 10.1. The molecular weight excluding hydrogens is 224 g/mol. The monoisotopic (exact) mass is 232 g/mol. The van der Waals surface area contributed by atoms with Crippen molar-refractivity contribution in [1.29, 1.82) is 0 Å². The first-order chi connectivity index (χ1) is 8.08. The summed E-state index contributed by atoms with van der Waals surface area (Å²) in [5.74, 6) is -0.167. The van der Waals surface area contributed by atoms with E-state index in [1.807, 2.05) is 0 Å². The number of carbonyl (C=O) groups is 1.